The number of benzene rings is 1. The highest BCUT2D eigenvalue weighted by Gasteiger charge is 2.16. The van der Waals surface area contributed by atoms with Crippen molar-refractivity contribution in [3.8, 4) is 5.88 Å². The predicted molar refractivity (Wildman–Crippen MR) is 85.8 cm³/mol. The van der Waals surface area contributed by atoms with Crippen molar-refractivity contribution in [2.75, 3.05) is 13.7 Å². The number of nitrogens with one attached hydrogen (secondary N) is 1. The molecule has 0 atom stereocenters. The van der Waals surface area contributed by atoms with Gasteiger partial charge in [0.25, 0.3) is 11.5 Å². The molecular formula is C15H15FN6O3. The number of aromatic nitrogens is 5. The number of carbonyl (C=O) groups excluding carboxylic acids is 1. The minimum absolute atomic E-state index is 0.0899. The zero-order valence-electron chi connectivity index (χ0n) is 13.6. The number of aryl methyl sites for hydroxylation is 1. The van der Waals surface area contributed by atoms with Gasteiger partial charge in [0.2, 0.25) is 5.88 Å². The van der Waals surface area contributed by atoms with Gasteiger partial charge < -0.3 is 10.1 Å². The number of hydrogen-bond donors (Lipinski definition) is 1. The Labute approximate surface area is 141 Å². The van der Waals surface area contributed by atoms with Gasteiger partial charge >= 0.3 is 0 Å². The Balaban J connectivity index is 1.72. The van der Waals surface area contributed by atoms with E-state index >= 15 is 0 Å². The van der Waals surface area contributed by atoms with Crippen molar-refractivity contribution in [2.24, 2.45) is 7.05 Å². The molecule has 3 rings (SSSR count). The van der Waals surface area contributed by atoms with Crippen molar-refractivity contribution in [3.05, 3.63) is 46.1 Å². The van der Waals surface area contributed by atoms with Crippen molar-refractivity contribution in [1.82, 2.24) is 30.1 Å². The SMILES string of the molecule is COc1nn(C)cc1C(=O)NCCn1nnc2ccc(F)cc2c1=O. The second-order valence-electron chi connectivity index (χ2n) is 5.26. The van der Waals surface area contributed by atoms with Crippen LogP contribution in [0.2, 0.25) is 0 Å². The van der Waals surface area contributed by atoms with Gasteiger partial charge in [-0.1, -0.05) is 5.21 Å². The van der Waals surface area contributed by atoms with E-state index in [1.165, 1.54) is 30.1 Å². The van der Waals surface area contributed by atoms with E-state index in [0.29, 0.717) is 5.52 Å². The zero-order chi connectivity index (χ0) is 18.0. The summed E-state index contributed by atoms with van der Waals surface area (Å²) >= 11 is 0. The second kappa shape index (κ2) is 6.67. The zero-order valence-corrected chi connectivity index (χ0v) is 13.6. The van der Waals surface area contributed by atoms with Gasteiger partial charge in [-0.3, -0.25) is 14.3 Å². The van der Waals surface area contributed by atoms with E-state index in [-0.39, 0.29) is 29.9 Å². The summed E-state index contributed by atoms with van der Waals surface area (Å²) in [7, 11) is 3.09. The van der Waals surface area contributed by atoms with Crippen LogP contribution in [0.4, 0.5) is 4.39 Å². The van der Waals surface area contributed by atoms with Crippen LogP contribution in [-0.4, -0.2) is 44.3 Å². The summed E-state index contributed by atoms with van der Waals surface area (Å²) in [6, 6.07) is 3.71. The van der Waals surface area contributed by atoms with Crippen molar-refractivity contribution in [2.45, 2.75) is 6.54 Å². The van der Waals surface area contributed by atoms with Gasteiger partial charge in [-0.25, -0.2) is 9.07 Å². The van der Waals surface area contributed by atoms with Crippen LogP contribution >= 0.6 is 0 Å². The van der Waals surface area contributed by atoms with Crippen LogP contribution in [0, 0.1) is 5.82 Å². The number of nitrogens with zero attached hydrogens (tertiary/aromatic N) is 5. The van der Waals surface area contributed by atoms with Crippen LogP contribution in [0.15, 0.2) is 29.2 Å². The molecule has 0 aliphatic carbocycles. The van der Waals surface area contributed by atoms with Crippen LogP contribution < -0.4 is 15.6 Å². The highest BCUT2D eigenvalue weighted by molar-refractivity contribution is 5.96. The van der Waals surface area contributed by atoms with Gasteiger partial charge in [0.1, 0.15) is 16.9 Å². The summed E-state index contributed by atoms with van der Waals surface area (Å²) in [5.41, 5.74) is 0.119. The number of hydrogen-bond acceptors (Lipinski definition) is 6. The number of rotatable bonds is 5. The molecule has 1 amide bonds. The summed E-state index contributed by atoms with van der Waals surface area (Å²) < 4.78 is 20.9. The Bertz CT molecular complexity index is 997. The Morgan fingerprint density at radius 3 is 2.96 bits per heavy atom. The summed E-state index contributed by atoms with van der Waals surface area (Å²) in [6.45, 7) is 0.221. The summed E-state index contributed by atoms with van der Waals surface area (Å²) in [6.07, 6.45) is 1.53. The maximum absolute atomic E-state index is 13.3. The van der Waals surface area contributed by atoms with Gasteiger partial charge in [-0.05, 0) is 18.2 Å². The number of amides is 1. The molecule has 1 N–H and O–H groups in total. The van der Waals surface area contributed by atoms with Gasteiger partial charge in [0.05, 0.1) is 19.0 Å². The quantitative estimate of drug-likeness (QED) is 0.703. The first-order valence-corrected chi connectivity index (χ1v) is 7.38. The average Bonchev–Trinajstić information content (AvgIpc) is 2.98. The molecular weight excluding hydrogens is 331 g/mol. The minimum Gasteiger partial charge on any atom is -0.479 e. The third kappa shape index (κ3) is 3.32. The molecule has 9 nitrogen and oxygen atoms in total. The third-order valence-electron chi connectivity index (χ3n) is 3.53. The lowest BCUT2D eigenvalue weighted by molar-refractivity contribution is 0.0948. The lowest BCUT2D eigenvalue weighted by Crippen LogP contribution is -2.32. The van der Waals surface area contributed by atoms with Crippen molar-refractivity contribution in [3.63, 3.8) is 0 Å². The number of halogens is 1. The Hall–Kier alpha value is -3.30. The number of carbonyl (C=O) groups is 1. The molecule has 3 aromatic rings. The van der Waals surface area contributed by atoms with E-state index in [1.54, 1.807) is 7.05 Å². The van der Waals surface area contributed by atoms with E-state index in [0.717, 1.165) is 10.7 Å². The van der Waals surface area contributed by atoms with Crippen molar-refractivity contribution in [1.29, 1.82) is 0 Å². The molecule has 2 aromatic heterocycles. The van der Waals surface area contributed by atoms with Crippen molar-refractivity contribution >= 4 is 16.8 Å². The molecule has 0 saturated heterocycles. The topological polar surface area (TPSA) is 104 Å². The van der Waals surface area contributed by atoms with E-state index < -0.39 is 17.3 Å². The predicted octanol–water partition coefficient (Wildman–Crippen LogP) is 0.103. The minimum atomic E-state index is -0.527. The monoisotopic (exact) mass is 346 g/mol. The molecule has 0 unspecified atom stereocenters. The highest BCUT2D eigenvalue weighted by Crippen LogP contribution is 2.14. The van der Waals surface area contributed by atoms with Crippen LogP contribution in [0.5, 0.6) is 5.88 Å². The largest absolute Gasteiger partial charge is 0.479 e. The molecule has 2 heterocycles. The normalized spacial score (nSPS) is 10.8. The van der Waals surface area contributed by atoms with E-state index in [4.69, 9.17) is 4.74 Å². The first-order valence-electron chi connectivity index (χ1n) is 7.38. The molecule has 0 saturated carbocycles. The van der Waals surface area contributed by atoms with Gasteiger partial charge in [-0.2, -0.15) is 0 Å². The molecule has 1 aromatic carbocycles. The fraction of sp³-hybridized carbons (Fsp3) is 0.267. The lowest BCUT2D eigenvalue weighted by Gasteiger charge is -2.06. The van der Waals surface area contributed by atoms with E-state index in [9.17, 15) is 14.0 Å². The van der Waals surface area contributed by atoms with Crippen LogP contribution in [0.25, 0.3) is 10.9 Å². The summed E-state index contributed by atoms with van der Waals surface area (Å²) in [5, 5.41) is 14.4. The molecule has 0 bridgehead atoms. The number of ether oxygens (including phenoxy) is 1. The Morgan fingerprint density at radius 1 is 1.40 bits per heavy atom. The summed E-state index contributed by atoms with van der Waals surface area (Å²) in [5.74, 6) is -0.711. The molecule has 0 aliphatic rings. The van der Waals surface area contributed by atoms with E-state index in [2.05, 4.69) is 20.7 Å². The van der Waals surface area contributed by atoms with Gasteiger partial charge in [0.15, 0.2) is 0 Å². The smallest absolute Gasteiger partial charge is 0.277 e. The summed E-state index contributed by atoms with van der Waals surface area (Å²) in [4.78, 5) is 24.4. The second-order valence-corrected chi connectivity index (χ2v) is 5.26. The fourth-order valence-electron chi connectivity index (χ4n) is 2.34. The number of fused-ring (bicyclic) bond motifs is 1. The Morgan fingerprint density at radius 2 is 2.20 bits per heavy atom. The molecule has 0 fully saturated rings. The molecule has 25 heavy (non-hydrogen) atoms. The van der Waals surface area contributed by atoms with Crippen LogP contribution in [0.3, 0.4) is 0 Å². The third-order valence-corrected chi connectivity index (χ3v) is 3.53. The fourth-order valence-corrected chi connectivity index (χ4v) is 2.34. The maximum atomic E-state index is 13.3. The maximum Gasteiger partial charge on any atom is 0.277 e. The lowest BCUT2D eigenvalue weighted by atomic mass is 10.2. The Kier molecular flexibility index (Phi) is 4.42. The molecule has 130 valence electrons. The van der Waals surface area contributed by atoms with Gasteiger partial charge in [0, 0.05) is 19.8 Å². The van der Waals surface area contributed by atoms with Crippen LogP contribution in [0.1, 0.15) is 10.4 Å². The first kappa shape index (κ1) is 16.6. The number of methoxy groups -OCH3 is 1. The van der Waals surface area contributed by atoms with Crippen molar-refractivity contribution < 1.29 is 13.9 Å². The van der Waals surface area contributed by atoms with Gasteiger partial charge in [-0.15, -0.1) is 10.2 Å². The highest BCUT2D eigenvalue weighted by atomic mass is 19.1. The molecule has 0 radical (unpaired) electrons. The molecule has 0 spiro atoms. The first-order chi connectivity index (χ1) is 12.0. The standard InChI is InChI=1S/C15H15FN6O3/c1-21-8-11(14(19-21)25-2)13(23)17-5-6-22-15(24)10-7-9(16)3-4-12(10)18-20-22/h3-4,7-8H,5-6H2,1-2H3,(H,17,23). The average molecular weight is 346 g/mol. The molecule has 10 heteroatoms. The molecule has 0 aliphatic heterocycles. The van der Waals surface area contributed by atoms with Crippen LogP contribution in [-0.2, 0) is 13.6 Å². The van der Waals surface area contributed by atoms with E-state index in [1.807, 2.05) is 0 Å².